The van der Waals surface area contributed by atoms with Gasteiger partial charge in [0.15, 0.2) is 0 Å². The number of carbonyl (C=O) groups is 1. The summed E-state index contributed by atoms with van der Waals surface area (Å²) < 4.78 is 0. The van der Waals surface area contributed by atoms with Crippen LogP contribution in [0, 0.1) is 0 Å². The van der Waals surface area contributed by atoms with Gasteiger partial charge in [-0.2, -0.15) is 0 Å². The van der Waals surface area contributed by atoms with Crippen LogP contribution in [0.2, 0.25) is 0 Å². The van der Waals surface area contributed by atoms with Crippen LogP contribution in [-0.4, -0.2) is 34.9 Å². The molecule has 0 rings (SSSR count). The summed E-state index contributed by atoms with van der Waals surface area (Å²) in [4.78, 5) is 12.4. The Kier molecular flexibility index (Phi) is 53.3. The molecule has 0 spiro atoms. The zero-order chi connectivity index (χ0) is 45.6. The Balaban J connectivity index is 3.35. The van der Waals surface area contributed by atoms with Crippen LogP contribution < -0.4 is 5.32 Å². The molecule has 0 aromatic carbocycles. The molecule has 0 aliphatic heterocycles. The van der Waals surface area contributed by atoms with Gasteiger partial charge in [0.25, 0.3) is 0 Å². The van der Waals surface area contributed by atoms with Crippen LogP contribution in [0.5, 0.6) is 0 Å². The SMILES string of the molecule is CC/C=C\C/C=C\C/C=C\C/C=C\CCCCCCCCCCCCCCCCCCCCCCCCCCCCC(=O)NC(CO)C(O)CCCCCCCCCCCCCC. The summed E-state index contributed by atoms with van der Waals surface area (Å²) in [6, 6.07) is -0.533. The number of nitrogens with one attached hydrogen (secondary N) is 1. The van der Waals surface area contributed by atoms with Gasteiger partial charge in [-0.1, -0.05) is 294 Å². The number of aliphatic hydroxyl groups is 2. The van der Waals surface area contributed by atoms with Crippen molar-refractivity contribution < 1.29 is 15.0 Å². The smallest absolute Gasteiger partial charge is 0.220 e. The van der Waals surface area contributed by atoms with E-state index in [1.165, 1.54) is 225 Å². The molecular weight excluding hydrogens is 771 g/mol. The minimum absolute atomic E-state index is 0.0271. The zero-order valence-electron chi connectivity index (χ0n) is 42.6. The first-order valence-electron chi connectivity index (χ1n) is 28.3. The van der Waals surface area contributed by atoms with Crippen molar-refractivity contribution in [2.45, 2.75) is 315 Å². The van der Waals surface area contributed by atoms with Crippen molar-refractivity contribution in [3.8, 4) is 0 Å². The molecule has 0 bridgehead atoms. The van der Waals surface area contributed by atoms with E-state index in [2.05, 4.69) is 67.8 Å². The zero-order valence-corrected chi connectivity index (χ0v) is 42.6. The van der Waals surface area contributed by atoms with Gasteiger partial charge in [0, 0.05) is 6.42 Å². The second-order valence-corrected chi connectivity index (χ2v) is 19.3. The van der Waals surface area contributed by atoms with Crippen molar-refractivity contribution in [2.75, 3.05) is 6.61 Å². The lowest BCUT2D eigenvalue weighted by atomic mass is 10.0. The average Bonchev–Trinajstić information content (AvgIpc) is 3.29. The molecule has 2 unspecified atom stereocenters. The van der Waals surface area contributed by atoms with Crippen LogP contribution in [0.4, 0.5) is 0 Å². The van der Waals surface area contributed by atoms with Crippen LogP contribution >= 0.6 is 0 Å². The number of aliphatic hydroxyl groups excluding tert-OH is 2. The molecule has 0 saturated carbocycles. The van der Waals surface area contributed by atoms with Crippen LogP contribution in [0.15, 0.2) is 48.6 Å². The first-order chi connectivity index (χ1) is 31.2. The molecule has 4 nitrogen and oxygen atoms in total. The van der Waals surface area contributed by atoms with E-state index < -0.39 is 12.1 Å². The van der Waals surface area contributed by atoms with Crippen LogP contribution in [0.3, 0.4) is 0 Å². The Morgan fingerprint density at radius 2 is 0.698 bits per heavy atom. The van der Waals surface area contributed by atoms with E-state index in [-0.39, 0.29) is 12.5 Å². The second kappa shape index (κ2) is 54.7. The molecule has 0 aliphatic rings. The molecule has 4 heteroatoms. The topological polar surface area (TPSA) is 69.6 Å². The van der Waals surface area contributed by atoms with E-state index in [1.807, 2.05) is 0 Å². The van der Waals surface area contributed by atoms with E-state index in [0.717, 1.165) is 51.4 Å². The molecule has 0 aromatic heterocycles. The van der Waals surface area contributed by atoms with Crippen molar-refractivity contribution in [1.82, 2.24) is 5.32 Å². The van der Waals surface area contributed by atoms with E-state index >= 15 is 0 Å². The maximum absolute atomic E-state index is 12.4. The number of unbranched alkanes of at least 4 members (excludes halogenated alkanes) is 37. The fraction of sp³-hybridized carbons (Fsp3) is 0.847. The molecule has 3 N–H and O–H groups in total. The van der Waals surface area contributed by atoms with Gasteiger partial charge in [-0.25, -0.2) is 0 Å². The maximum Gasteiger partial charge on any atom is 0.220 e. The lowest BCUT2D eigenvalue weighted by molar-refractivity contribution is -0.123. The fourth-order valence-corrected chi connectivity index (χ4v) is 8.83. The van der Waals surface area contributed by atoms with Gasteiger partial charge >= 0.3 is 0 Å². The van der Waals surface area contributed by atoms with Gasteiger partial charge in [0.2, 0.25) is 5.91 Å². The summed E-state index contributed by atoms with van der Waals surface area (Å²) >= 11 is 0. The lowest BCUT2D eigenvalue weighted by Crippen LogP contribution is -2.45. The summed E-state index contributed by atoms with van der Waals surface area (Å²) in [7, 11) is 0. The highest BCUT2D eigenvalue weighted by Crippen LogP contribution is 2.18. The Labute approximate surface area is 394 Å². The Hall–Kier alpha value is -1.65. The highest BCUT2D eigenvalue weighted by Gasteiger charge is 2.20. The summed E-state index contributed by atoms with van der Waals surface area (Å²) in [6.45, 7) is 4.26. The van der Waals surface area contributed by atoms with Crippen molar-refractivity contribution in [3.05, 3.63) is 48.6 Å². The average molecular weight is 883 g/mol. The molecule has 0 aliphatic carbocycles. The van der Waals surface area contributed by atoms with E-state index in [1.54, 1.807) is 0 Å². The number of hydrogen-bond acceptors (Lipinski definition) is 3. The Morgan fingerprint density at radius 1 is 0.397 bits per heavy atom. The number of amides is 1. The summed E-state index contributed by atoms with van der Waals surface area (Å²) in [5.41, 5.74) is 0. The molecule has 0 heterocycles. The van der Waals surface area contributed by atoms with Crippen molar-refractivity contribution in [3.63, 3.8) is 0 Å². The third-order valence-electron chi connectivity index (χ3n) is 13.1. The predicted octanol–water partition coefficient (Wildman–Crippen LogP) is 18.6. The minimum atomic E-state index is -0.656. The van der Waals surface area contributed by atoms with Gasteiger partial charge in [0.1, 0.15) is 0 Å². The Bertz CT molecular complexity index is 1000. The number of carbonyl (C=O) groups excluding carboxylic acids is 1. The van der Waals surface area contributed by atoms with Crippen molar-refractivity contribution in [2.24, 2.45) is 0 Å². The molecule has 0 fully saturated rings. The van der Waals surface area contributed by atoms with E-state index in [9.17, 15) is 15.0 Å². The second-order valence-electron chi connectivity index (χ2n) is 19.3. The summed E-state index contributed by atoms with van der Waals surface area (Å²) in [5.74, 6) is -0.0271. The van der Waals surface area contributed by atoms with Gasteiger partial charge < -0.3 is 15.5 Å². The van der Waals surface area contributed by atoms with E-state index in [4.69, 9.17) is 0 Å². The Morgan fingerprint density at radius 3 is 1.05 bits per heavy atom. The van der Waals surface area contributed by atoms with Crippen LogP contribution in [0.25, 0.3) is 0 Å². The van der Waals surface area contributed by atoms with Crippen LogP contribution in [-0.2, 0) is 4.79 Å². The van der Waals surface area contributed by atoms with Gasteiger partial charge in [0.05, 0.1) is 18.8 Å². The quantitative estimate of drug-likeness (QED) is 0.0421. The summed E-state index contributed by atoms with van der Waals surface area (Å²) in [6.07, 6.45) is 75.5. The predicted molar refractivity (Wildman–Crippen MR) is 281 cm³/mol. The molecule has 1 amide bonds. The highest BCUT2D eigenvalue weighted by molar-refractivity contribution is 5.76. The van der Waals surface area contributed by atoms with E-state index in [0.29, 0.717) is 12.8 Å². The van der Waals surface area contributed by atoms with Crippen molar-refractivity contribution in [1.29, 1.82) is 0 Å². The number of allylic oxidation sites excluding steroid dienone is 8. The van der Waals surface area contributed by atoms with Crippen LogP contribution in [0.1, 0.15) is 303 Å². The highest BCUT2D eigenvalue weighted by atomic mass is 16.3. The van der Waals surface area contributed by atoms with Gasteiger partial charge in [-0.3, -0.25) is 4.79 Å². The number of hydrogen-bond donors (Lipinski definition) is 3. The molecule has 2 atom stereocenters. The largest absolute Gasteiger partial charge is 0.394 e. The molecule has 0 radical (unpaired) electrons. The fourth-order valence-electron chi connectivity index (χ4n) is 8.83. The van der Waals surface area contributed by atoms with Crippen molar-refractivity contribution >= 4 is 5.91 Å². The van der Waals surface area contributed by atoms with Gasteiger partial charge in [-0.05, 0) is 51.4 Å². The third-order valence-corrected chi connectivity index (χ3v) is 13.1. The third kappa shape index (κ3) is 51.2. The minimum Gasteiger partial charge on any atom is -0.394 e. The normalized spacial score (nSPS) is 13.1. The standard InChI is InChI=1S/C59H111NO3/c1-3-5-7-9-11-13-15-17-18-19-20-21-22-23-24-25-26-27-28-29-30-31-32-33-34-35-36-37-38-39-40-41-42-43-45-47-49-51-53-55-59(63)60-57(56-61)58(62)54-52-50-48-46-44-16-14-12-10-8-6-4-2/h5,7,11,13,17-18,20-21,57-58,61-62H,3-4,6,8-10,12,14-16,19,22-56H2,1-2H3,(H,60,63)/b7-5-,13-11-,18-17-,21-20-. The first-order valence-corrected chi connectivity index (χ1v) is 28.3. The lowest BCUT2D eigenvalue weighted by Gasteiger charge is -2.22. The van der Waals surface area contributed by atoms with Gasteiger partial charge in [-0.15, -0.1) is 0 Å². The number of rotatable bonds is 52. The maximum atomic E-state index is 12.4. The molecule has 63 heavy (non-hydrogen) atoms. The molecular formula is C59H111NO3. The molecule has 0 saturated heterocycles. The molecule has 370 valence electrons. The monoisotopic (exact) mass is 882 g/mol. The summed E-state index contributed by atoms with van der Waals surface area (Å²) in [5, 5.41) is 23.2. The first kappa shape index (κ1) is 61.4. The molecule has 0 aromatic rings.